The Morgan fingerprint density at radius 3 is 2.73 bits per heavy atom. The Bertz CT molecular complexity index is 615. The fourth-order valence-electron chi connectivity index (χ4n) is 2.19. The molecule has 7 heteroatoms. The molecule has 2 rings (SSSR count). The Kier molecular flexibility index (Phi) is 5.32. The van der Waals surface area contributed by atoms with Crippen LogP contribution in [0.4, 0.5) is 5.82 Å². The molecule has 0 aliphatic rings. The van der Waals surface area contributed by atoms with E-state index in [0.717, 1.165) is 17.9 Å². The number of anilines is 1. The van der Waals surface area contributed by atoms with Crippen molar-refractivity contribution in [3.63, 3.8) is 0 Å². The molecule has 1 atom stereocenters. The van der Waals surface area contributed by atoms with Gasteiger partial charge >= 0.3 is 0 Å². The molecule has 0 aromatic carbocycles. The van der Waals surface area contributed by atoms with E-state index in [2.05, 4.69) is 20.8 Å². The van der Waals surface area contributed by atoms with Crippen molar-refractivity contribution in [2.75, 3.05) is 11.9 Å². The standard InChI is InChI=1S/C15H24N6O/c1-11(2)21-14(5-6-17-21)19-15(22)8-16-13(4)10-20-9-12(3)7-18-20/h5-7,9,11,13,16H,8,10H2,1-4H3,(H,19,22). The molecule has 2 N–H and O–H groups in total. The maximum Gasteiger partial charge on any atom is 0.239 e. The molecule has 2 heterocycles. The summed E-state index contributed by atoms with van der Waals surface area (Å²) < 4.78 is 3.66. The largest absolute Gasteiger partial charge is 0.310 e. The van der Waals surface area contributed by atoms with Crippen LogP contribution < -0.4 is 10.6 Å². The van der Waals surface area contributed by atoms with Crippen molar-refractivity contribution >= 4 is 11.7 Å². The lowest BCUT2D eigenvalue weighted by Gasteiger charge is -2.15. The number of nitrogens with one attached hydrogen (secondary N) is 2. The fourth-order valence-corrected chi connectivity index (χ4v) is 2.19. The van der Waals surface area contributed by atoms with E-state index in [4.69, 9.17) is 0 Å². The maximum atomic E-state index is 12.0. The zero-order valence-corrected chi connectivity index (χ0v) is 13.6. The van der Waals surface area contributed by atoms with Gasteiger partial charge in [-0.05, 0) is 33.3 Å². The SMILES string of the molecule is Cc1cnn(CC(C)NCC(=O)Nc2ccnn2C(C)C)c1. The monoisotopic (exact) mass is 304 g/mol. The molecule has 2 aromatic rings. The van der Waals surface area contributed by atoms with Gasteiger partial charge in [0.05, 0.1) is 25.5 Å². The Morgan fingerprint density at radius 1 is 1.32 bits per heavy atom. The zero-order valence-electron chi connectivity index (χ0n) is 13.6. The Balaban J connectivity index is 1.78. The van der Waals surface area contributed by atoms with Crippen LogP contribution in [0.2, 0.25) is 0 Å². The van der Waals surface area contributed by atoms with Crippen LogP contribution in [0.3, 0.4) is 0 Å². The van der Waals surface area contributed by atoms with Crippen molar-refractivity contribution in [2.24, 2.45) is 0 Å². The first kappa shape index (κ1) is 16.2. The molecule has 2 aromatic heterocycles. The van der Waals surface area contributed by atoms with Gasteiger partial charge in [-0.2, -0.15) is 10.2 Å². The highest BCUT2D eigenvalue weighted by molar-refractivity contribution is 5.91. The molecule has 120 valence electrons. The summed E-state index contributed by atoms with van der Waals surface area (Å²) in [6.07, 6.45) is 5.50. The van der Waals surface area contributed by atoms with Crippen LogP contribution in [0.25, 0.3) is 0 Å². The van der Waals surface area contributed by atoms with Gasteiger partial charge in [0.25, 0.3) is 0 Å². The molecule has 1 unspecified atom stereocenters. The van der Waals surface area contributed by atoms with Crippen molar-refractivity contribution < 1.29 is 4.79 Å². The normalized spacial score (nSPS) is 12.6. The summed E-state index contributed by atoms with van der Waals surface area (Å²) in [6, 6.07) is 2.16. The highest BCUT2D eigenvalue weighted by Gasteiger charge is 2.11. The van der Waals surface area contributed by atoms with Crippen molar-refractivity contribution in [3.05, 3.63) is 30.2 Å². The molecule has 0 saturated heterocycles. The second-order valence-electron chi connectivity index (χ2n) is 5.82. The summed E-state index contributed by atoms with van der Waals surface area (Å²) in [6.45, 7) is 9.06. The topological polar surface area (TPSA) is 76.8 Å². The Morgan fingerprint density at radius 2 is 2.09 bits per heavy atom. The van der Waals surface area contributed by atoms with Gasteiger partial charge in [-0.3, -0.25) is 9.48 Å². The maximum absolute atomic E-state index is 12.0. The van der Waals surface area contributed by atoms with Gasteiger partial charge in [0.15, 0.2) is 0 Å². The van der Waals surface area contributed by atoms with E-state index in [-0.39, 0.29) is 24.5 Å². The minimum Gasteiger partial charge on any atom is -0.310 e. The lowest BCUT2D eigenvalue weighted by molar-refractivity contribution is -0.115. The molecule has 7 nitrogen and oxygen atoms in total. The average Bonchev–Trinajstić information content (AvgIpc) is 3.06. The van der Waals surface area contributed by atoms with E-state index in [1.165, 1.54) is 0 Å². The minimum atomic E-state index is -0.0779. The lowest BCUT2D eigenvalue weighted by atomic mass is 10.3. The number of hydrogen-bond donors (Lipinski definition) is 2. The molecule has 0 bridgehead atoms. The van der Waals surface area contributed by atoms with Crippen LogP contribution in [0.1, 0.15) is 32.4 Å². The van der Waals surface area contributed by atoms with Crippen LogP contribution in [-0.4, -0.2) is 38.1 Å². The molecule has 1 amide bonds. The summed E-state index contributed by atoms with van der Waals surface area (Å²) in [5.41, 5.74) is 1.13. The first-order valence-electron chi connectivity index (χ1n) is 7.51. The third-order valence-electron chi connectivity index (χ3n) is 3.26. The summed E-state index contributed by atoms with van der Waals surface area (Å²) in [7, 11) is 0. The number of aromatic nitrogens is 4. The van der Waals surface area contributed by atoms with E-state index in [1.807, 2.05) is 44.8 Å². The van der Waals surface area contributed by atoms with Crippen molar-refractivity contribution in [3.8, 4) is 0 Å². The molecular formula is C15H24N6O. The lowest BCUT2D eigenvalue weighted by Crippen LogP contribution is -2.37. The molecular weight excluding hydrogens is 280 g/mol. The molecule has 0 aliphatic carbocycles. The molecule has 0 aliphatic heterocycles. The number of aryl methyl sites for hydroxylation is 1. The van der Waals surface area contributed by atoms with Gasteiger partial charge in [0, 0.05) is 24.3 Å². The van der Waals surface area contributed by atoms with Crippen LogP contribution in [0.15, 0.2) is 24.7 Å². The van der Waals surface area contributed by atoms with Crippen molar-refractivity contribution in [2.45, 2.75) is 46.3 Å². The second kappa shape index (κ2) is 7.22. The van der Waals surface area contributed by atoms with E-state index in [9.17, 15) is 4.79 Å². The van der Waals surface area contributed by atoms with Crippen molar-refractivity contribution in [1.29, 1.82) is 0 Å². The number of nitrogens with zero attached hydrogens (tertiary/aromatic N) is 4. The van der Waals surface area contributed by atoms with Crippen LogP contribution in [-0.2, 0) is 11.3 Å². The quantitative estimate of drug-likeness (QED) is 0.814. The number of carbonyl (C=O) groups is 1. The third kappa shape index (κ3) is 4.42. The third-order valence-corrected chi connectivity index (χ3v) is 3.26. The zero-order chi connectivity index (χ0) is 16.1. The van der Waals surface area contributed by atoms with Gasteiger partial charge in [-0.25, -0.2) is 4.68 Å². The summed E-state index contributed by atoms with van der Waals surface area (Å²) in [5, 5.41) is 14.5. The minimum absolute atomic E-state index is 0.0779. The molecule has 0 saturated carbocycles. The van der Waals surface area contributed by atoms with Crippen LogP contribution in [0.5, 0.6) is 0 Å². The predicted molar refractivity (Wildman–Crippen MR) is 85.7 cm³/mol. The van der Waals surface area contributed by atoms with E-state index in [0.29, 0.717) is 0 Å². The molecule has 0 spiro atoms. The number of carbonyl (C=O) groups excluding carboxylic acids is 1. The first-order valence-corrected chi connectivity index (χ1v) is 7.51. The van der Waals surface area contributed by atoms with Crippen LogP contribution in [0, 0.1) is 6.92 Å². The molecule has 0 radical (unpaired) electrons. The van der Waals surface area contributed by atoms with Gasteiger partial charge < -0.3 is 10.6 Å². The summed E-state index contributed by atoms with van der Waals surface area (Å²) in [5.74, 6) is 0.642. The molecule has 0 fully saturated rings. The predicted octanol–water partition coefficient (Wildman–Crippen LogP) is 1.59. The van der Waals surface area contributed by atoms with Gasteiger partial charge in [0.1, 0.15) is 5.82 Å². The van der Waals surface area contributed by atoms with Crippen LogP contribution >= 0.6 is 0 Å². The van der Waals surface area contributed by atoms with E-state index >= 15 is 0 Å². The van der Waals surface area contributed by atoms with E-state index in [1.54, 1.807) is 16.9 Å². The summed E-state index contributed by atoms with van der Waals surface area (Å²) in [4.78, 5) is 12.0. The second-order valence-corrected chi connectivity index (χ2v) is 5.82. The number of amides is 1. The van der Waals surface area contributed by atoms with Gasteiger partial charge in [-0.1, -0.05) is 0 Å². The average molecular weight is 304 g/mol. The number of hydrogen-bond acceptors (Lipinski definition) is 4. The van der Waals surface area contributed by atoms with Crippen molar-refractivity contribution in [1.82, 2.24) is 24.9 Å². The highest BCUT2D eigenvalue weighted by atomic mass is 16.2. The van der Waals surface area contributed by atoms with Gasteiger partial charge in [0.2, 0.25) is 5.91 Å². The smallest absolute Gasteiger partial charge is 0.239 e. The first-order chi connectivity index (χ1) is 10.5. The summed E-state index contributed by atoms with van der Waals surface area (Å²) >= 11 is 0. The van der Waals surface area contributed by atoms with E-state index < -0.39 is 0 Å². The highest BCUT2D eigenvalue weighted by Crippen LogP contribution is 2.12. The molecule has 22 heavy (non-hydrogen) atoms. The Hall–Kier alpha value is -2.15. The van der Waals surface area contributed by atoms with Gasteiger partial charge in [-0.15, -0.1) is 0 Å². The Labute approximate surface area is 130 Å². The number of rotatable bonds is 7. The fraction of sp³-hybridized carbons (Fsp3) is 0.533.